The highest BCUT2D eigenvalue weighted by Gasteiger charge is 2.07. The van der Waals surface area contributed by atoms with Crippen molar-refractivity contribution in [1.82, 2.24) is 4.98 Å². The Morgan fingerprint density at radius 3 is 2.82 bits per heavy atom. The Balaban J connectivity index is 1.91. The Morgan fingerprint density at radius 2 is 2.12 bits per heavy atom. The van der Waals surface area contributed by atoms with E-state index in [1.54, 1.807) is 0 Å². The number of para-hydroxylation sites is 2. The van der Waals surface area contributed by atoms with Gasteiger partial charge in [0, 0.05) is 16.4 Å². The van der Waals surface area contributed by atoms with Gasteiger partial charge in [0.2, 0.25) is 9.05 Å². The van der Waals surface area contributed by atoms with Crippen molar-refractivity contribution in [1.29, 1.82) is 0 Å². The minimum atomic E-state index is -3.40. The van der Waals surface area contributed by atoms with E-state index in [2.05, 4.69) is 4.98 Å². The van der Waals surface area contributed by atoms with E-state index in [9.17, 15) is 8.42 Å². The minimum absolute atomic E-state index is 0.0260. The van der Waals surface area contributed by atoms with Crippen LogP contribution in [0.5, 0.6) is 0 Å². The van der Waals surface area contributed by atoms with Crippen molar-refractivity contribution >= 4 is 42.6 Å². The van der Waals surface area contributed by atoms with E-state index < -0.39 is 9.05 Å². The largest absolute Gasteiger partial charge is 0.431 e. The average Bonchev–Trinajstić information content (AvgIpc) is 2.65. The average molecular weight is 292 g/mol. The van der Waals surface area contributed by atoms with E-state index in [0.29, 0.717) is 17.4 Å². The van der Waals surface area contributed by atoms with Crippen LogP contribution in [0.15, 0.2) is 33.9 Å². The van der Waals surface area contributed by atoms with Crippen LogP contribution in [0.25, 0.3) is 11.1 Å². The van der Waals surface area contributed by atoms with Crippen LogP contribution in [-0.4, -0.2) is 24.9 Å². The van der Waals surface area contributed by atoms with Gasteiger partial charge < -0.3 is 4.42 Å². The Hall–Kier alpha value is -0.720. The molecule has 0 spiro atoms. The molecular weight excluding hydrogens is 282 g/mol. The molecule has 0 unspecified atom stereocenters. The zero-order valence-corrected chi connectivity index (χ0v) is 11.2. The fraction of sp³-hybridized carbons (Fsp3) is 0.300. The summed E-state index contributed by atoms with van der Waals surface area (Å²) in [6.45, 7) is 0. The third-order valence-electron chi connectivity index (χ3n) is 2.03. The fourth-order valence-electron chi connectivity index (χ4n) is 1.30. The first-order valence-corrected chi connectivity index (χ1v) is 8.42. The highest BCUT2D eigenvalue weighted by molar-refractivity contribution is 8.13. The van der Waals surface area contributed by atoms with Gasteiger partial charge in [-0.25, -0.2) is 13.4 Å². The van der Waals surface area contributed by atoms with E-state index in [-0.39, 0.29) is 5.75 Å². The summed E-state index contributed by atoms with van der Waals surface area (Å²) in [5.41, 5.74) is 1.54. The van der Waals surface area contributed by atoms with Gasteiger partial charge in [0.25, 0.3) is 5.22 Å². The molecule has 1 aromatic carbocycles. The molecule has 0 aliphatic heterocycles. The van der Waals surface area contributed by atoms with Gasteiger partial charge in [-0.2, -0.15) is 0 Å². The van der Waals surface area contributed by atoms with Crippen LogP contribution in [0, 0.1) is 0 Å². The van der Waals surface area contributed by atoms with Crippen LogP contribution in [0.1, 0.15) is 6.42 Å². The Labute approximate surface area is 108 Å². The van der Waals surface area contributed by atoms with Crippen LogP contribution in [-0.2, 0) is 9.05 Å². The standard InChI is InChI=1S/C10H10ClNO3S2/c11-17(13,14)7-3-6-16-10-12-8-4-1-2-5-9(8)15-10/h1-2,4-5H,3,6-7H2. The maximum absolute atomic E-state index is 10.7. The van der Waals surface area contributed by atoms with Crippen LogP contribution < -0.4 is 0 Å². The summed E-state index contributed by atoms with van der Waals surface area (Å²) < 4.78 is 26.9. The Kier molecular flexibility index (Phi) is 3.96. The predicted octanol–water partition coefficient (Wildman–Crippen LogP) is 2.88. The molecule has 0 saturated heterocycles. The minimum Gasteiger partial charge on any atom is -0.431 e. The van der Waals surface area contributed by atoms with Crippen molar-refractivity contribution in [2.45, 2.75) is 11.6 Å². The number of thioether (sulfide) groups is 1. The van der Waals surface area contributed by atoms with E-state index in [1.165, 1.54) is 11.8 Å². The molecule has 1 heterocycles. The summed E-state index contributed by atoms with van der Waals surface area (Å²) in [5.74, 6) is 0.584. The Morgan fingerprint density at radius 1 is 1.35 bits per heavy atom. The van der Waals surface area contributed by atoms with E-state index >= 15 is 0 Å². The van der Waals surface area contributed by atoms with Gasteiger partial charge >= 0.3 is 0 Å². The van der Waals surface area contributed by atoms with Gasteiger partial charge in [0.1, 0.15) is 5.52 Å². The first-order chi connectivity index (χ1) is 8.04. The molecule has 0 bridgehead atoms. The number of hydrogen-bond acceptors (Lipinski definition) is 5. The van der Waals surface area contributed by atoms with Crippen molar-refractivity contribution < 1.29 is 12.8 Å². The summed E-state index contributed by atoms with van der Waals surface area (Å²) >= 11 is 1.39. The van der Waals surface area contributed by atoms with E-state index in [1.807, 2.05) is 24.3 Å². The lowest BCUT2D eigenvalue weighted by Gasteiger charge is -1.94. The summed E-state index contributed by atoms with van der Waals surface area (Å²) in [4.78, 5) is 4.26. The molecule has 4 nitrogen and oxygen atoms in total. The number of benzene rings is 1. The number of rotatable bonds is 5. The van der Waals surface area contributed by atoms with Crippen LogP contribution in [0.3, 0.4) is 0 Å². The molecule has 0 radical (unpaired) electrons. The molecule has 2 rings (SSSR count). The van der Waals surface area contributed by atoms with E-state index in [0.717, 1.165) is 11.1 Å². The number of aromatic nitrogens is 1. The predicted molar refractivity (Wildman–Crippen MR) is 69.0 cm³/mol. The molecule has 0 aliphatic carbocycles. The lowest BCUT2D eigenvalue weighted by molar-refractivity contribution is 0.489. The number of oxazole rings is 1. The molecule has 7 heteroatoms. The smallest absolute Gasteiger partial charge is 0.256 e. The summed E-state index contributed by atoms with van der Waals surface area (Å²) in [6.07, 6.45) is 0.481. The molecule has 0 aliphatic rings. The second kappa shape index (κ2) is 5.29. The van der Waals surface area contributed by atoms with Gasteiger partial charge in [0.15, 0.2) is 5.58 Å². The lowest BCUT2D eigenvalue weighted by Crippen LogP contribution is -1.97. The van der Waals surface area contributed by atoms with Gasteiger partial charge in [-0.3, -0.25) is 0 Å². The summed E-state index contributed by atoms with van der Waals surface area (Å²) in [7, 11) is 1.71. The number of nitrogens with zero attached hydrogens (tertiary/aromatic N) is 1. The van der Waals surface area contributed by atoms with Crippen molar-refractivity contribution in [3.05, 3.63) is 24.3 Å². The monoisotopic (exact) mass is 291 g/mol. The number of hydrogen-bond donors (Lipinski definition) is 0. The molecule has 2 aromatic rings. The van der Waals surface area contributed by atoms with Gasteiger partial charge in [-0.05, 0) is 18.6 Å². The Bertz CT molecular complexity index is 576. The molecule has 0 amide bonds. The third-order valence-corrected chi connectivity index (χ3v) is 4.19. The lowest BCUT2D eigenvalue weighted by atomic mass is 10.3. The quantitative estimate of drug-likeness (QED) is 0.481. The first kappa shape index (κ1) is 12.7. The maximum Gasteiger partial charge on any atom is 0.256 e. The second-order valence-electron chi connectivity index (χ2n) is 3.39. The number of fused-ring (bicyclic) bond motifs is 1. The molecule has 92 valence electrons. The molecule has 0 fully saturated rings. The van der Waals surface area contributed by atoms with Gasteiger partial charge in [-0.15, -0.1) is 0 Å². The second-order valence-corrected chi connectivity index (χ2v) is 7.34. The maximum atomic E-state index is 10.7. The van der Waals surface area contributed by atoms with Gasteiger partial charge in [-0.1, -0.05) is 23.9 Å². The molecule has 0 atom stereocenters. The summed E-state index contributed by atoms with van der Waals surface area (Å²) in [5, 5.41) is 0.554. The molecule has 0 saturated carbocycles. The van der Waals surface area contributed by atoms with Crippen LogP contribution in [0.2, 0.25) is 0 Å². The van der Waals surface area contributed by atoms with Crippen molar-refractivity contribution in [2.24, 2.45) is 0 Å². The molecular formula is C10H10ClNO3S2. The highest BCUT2D eigenvalue weighted by Crippen LogP contribution is 2.23. The zero-order chi connectivity index (χ0) is 12.3. The topological polar surface area (TPSA) is 60.2 Å². The van der Waals surface area contributed by atoms with Crippen molar-refractivity contribution in [2.75, 3.05) is 11.5 Å². The number of halogens is 1. The third kappa shape index (κ3) is 3.90. The normalized spacial score (nSPS) is 12.1. The molecule has 1 aromatic heterocycles. The highest BCUT2D eigenvalue weighted by atomic mass is 35.7. The molecule has 0 N–H and O–H groups in total. The SMILES string of the molecule is O=S(=O)(Cl)CCCSc1nc2ccccc2o1. The van der Waals surface area contributed by atoms with Crippen molar-refractivity contribution in [3.8, 4) is 0 Å². The summed E-state index contributed by atoms with van der Waals surface area (Å²) in [6, 6.07) is 7.48. The van der Waals surface area contributed by atoms with E-state index in [4.69, 9.17) is 15.1 Å². The van der Waals surface area contributed by atoms with Crippen molar-refractivity contribution in [3.63, 3.8) is 0 Å². The zero-order valence-electron chi connectivity index (χ0n) is 8.80. The molecule has 17 heavy (non-hydrogen) atoms. The fourth-order valence-corrected chi connectivity index (χ4v) is 3.08. The van der Waals surface area contributed by atoms with Gasteiger partial charge in [0.05, 0.1) is 5.75 Å². The van der Waals surface area contributed by atoms with Crippen LogP contribution >= 0.6 is 22.4 Å². The first-order valence-electron chi connectivity index (χ1n) is 4.95. The van der Waals surface area contributed by atoms with Crippen LogP contribution in [0.4, 0.5) is 0 Å².